The number of hydrogen-bond donors (Lipinski definition) is 0. The molecule has 180 valence electrons. The number of rotatable bonds is 18. The van der Waals surface area contributed by atoms with Crippen LogP contribution in [0, 0.1) is 0 Å². The van der Waals surface area contributed by atoms with Crippen LogP contribution in [0.2, 0.25) is 25.7 Å². The first-order valence-corrected chi connectivity index (χ1v) is 17.3. The van der Waals surface area contributed by atoms with Crippen LogP contribution >= 0.6 is 22.9 Å². The number of hydrogen-bond acceptors (Lipinski definition) is 5. The quantitative estimate of drug-likeness (QED) is 0.118. The smallest absolute Gasteiger partial charge is 0.294 e. The first-order valence-electron chi connectivity index (χ1n) is 12.2. The van der Waals surface area contributed by atoms with E-state index >= 15 is 0 Å². The van der Waals surface area contributed by atoms with Crippen LogP contribution in [0.3, 0.4) is 0 Å². The molecule has 1 aromatic carbocycles. The fourth-order valence-corrected chi connectivity index (χ4v) is 5.62. The number of nitrogens with zero attached hydrogens (tertiary/aromatic N) is 2. The first kappa shape index (κ1) is 27.1. The van der Waals surface area contributed by atoms with Crippen molar-refractivity contribution in [2.24, 2.45) is 0 Å². The van der Waals surface area contributed by atoms with Crippen LogP contribution in [0.5, 0.6) is 10.9 Å². The molecule has 0 N–H and O–H groups in total. The lowest BCUT2D eigenvalue weighted by Crippen LogP contribution is -2.18. The Hall–Kier alpha value is -1.11. The number of aromatic nitrogens is 2. The number of halogens is 1. The Kier molecular flexibility index (Phi) is 13.3. The Morgan fingerprint density at radius 1 is 0.750 bits per heavy atom. The first-order chi connectivity index (χ1) is 15.5. The van der Waals surface area contributed by atoms with Gasteiger partial charge >= 0.3 is 0 Å². The van der Waals surface area contributed by atoms with Crippen LogP contribution in [0.25, 0.3) is 10.6 Å². The molecule has 0 fully saturated rings. The zero-order valence-electron chi connectivity index (χ0n) is 20.2. The zero-order chi connectivity index (χ0) is 23.1. The van der Waals surface area contributed by atoms with Crippen molar-refractivity contribution in [2.75, 3.05) is 19.1 Å². The minimum absolute atomic E-state index is 0.573. The van der Waals surface area contributed by atoms with Crippen molar-refractivity contribution in [3.63, 3.8) is 0 Å². The van der Waals surface area contributed by atoms with Crippen LogP contribution in [0.4, 0.5) is 0 Å². The molecule has 0 aliphatic carbocycles. The number of alkyl halides is 1. The largest absolute Gasteiger partial charge is 0.494 e. The minimum atomic E-state index is -0.824. The van der Waals surface area contributed by atoms with Crippen molar-refractivity contribution in [1.82, 2.24) is 10.2 Å². The molecule has 0 unspecified atom stereocenters. The molecule has 2 rings (SSSR count). The molecule has 0 aliphatic rings. The Bertz CT molecular complexity index is 734. The molecular formula is C25H41ClN2O2SSi. The second kappa shape index (κ2) is 15.7. The third kappa shape index (κ3) is 12.2. The molecule has 4 nitrogen and oxygen atoms in total. The van der Waals surface area contributed by atoms with Gasteiger partial charge in [0.15, 0.2) is 5.01 Å². The molecule has 0 amide bonds. The molecule has 0 bridgehead atoms. The standard InChI is InChI=1S/C25H41ClN2O2SSi/c1-32(2,3)21-12-10-8-6-4-5-7-9-11-19-29-23-16-14-22(15-17-23)24-27-28-25(31-24)30-20-13-18-26/h14-17H,4-13,18-21H2,1-3H3. The maximum Gasteiger partial charge on any atom is 0.294 e. The monoisotopic (exact) mass is 496 g/mol. The van der Waals surface area contributed by atoms with Gasteiger partial charge in [0.05, 0.1) is 13.2 Å². The van der Waals surface area contributed by atoms with Crippen molar-refractivity contribution in [3.05, 3.63) is 24.3 Å². The number of unbranched alkanes of at least 4 members (excludes halogenated alkanes) is 8. The van der Waals surface area contributed by atoms with Gasteiger partial charge in [0.1, 0.15) is 5.75 Å². The molecule has 0 spiro atoms. The third-order valence-corrected chi connectivity index (χ3v) is 8.36. The van der Waals surface area contributed by atoms with Gasteiger partial charge in [-0.2, -0.15) is 0 Å². The summed E-state index contributed by atoms with van der Waals surface area (Å²) in [5.41, 5.74) is 1.03. The van der Waals surface area contributed by atoms with E-state index in [9.17, 15) is 0 Å². The summed E-state index contributed by atoms with van der Waals surface area (Å²) in [4.78, 5) is 0. The highest BCUT2D eigenvalue weighted by Crippen LogP contribution is 2.29. The Balaban J connectivity index is 1.50. The minimum Gasteiger partial charge on any atom is -0.494 e. The Labute approximate surface area is 205 Å². The van der Waals surface area contributed by atoms with E-state index in [1.54, 1.807) is 0 Å². The van der Waals surface area contributed by atoms with Crippen molar-refractivity contribution >= 4 is 31.0 Å². The average molecular weight is 497 g/mol. The van der Waals surface area contributed by atoms with Crippen molar-refractivity contribution in [2.45, 2.75) is 89.9 Å². The predicted octanol–water partition coefficient (Wildman–Crippen LogP) is 8.44. The molecule has 0 saturated heterocycles. The van der Waals surface area contributed by atoms with E-state index in [0.717, 1.165) is 35.8 Å². The second-order valence-electron chi connectivity index (χ2n) is 9.63. The fourth-order valence-electron chi connectivity index (χ4n) is 3.48. The maximum absolute atomic E-state index is 5.90. The van der Waals surface area contributed by atoms with Crippen molar-refractivity contribution < 1.29 is 9.47 Å². The zero-order valence-corrected chi connectivity index (χ0v) is 22.8. The lowest BCUT2D eigenvalue weighted by molar-refractivity contribution is 0.304. The lowest BCUT2D eigenvalue weighted by atomic mass is 10.1. The molecule has 32 heavy (non-hydrogen) atoms. The van der Waals surface area contributed by atoms with E-state index in [1.807, 2.05) is 24.3 Å². The highest BCUT2D eigenvalue weighted by molar-refractivity contribution is 7.16. The summed E-state index contributed by atoms with van der Waals surface area (Å²) in [5.74, 6) is 1.50. The number of ether oxygens (including phenoxy) is 2. The Morgan fingerprint density at radius 2 is 1.34 bits per heavy atom. The Morgan fingerprint density at radius 3 is 1.97 bits per heavy atom. The average Bonchev–Trinajstić information content (AvgIpc) is 3.23. The van der Waals surface area contributed by atoms with Gasteiger partial charge in [-0.3, -0.25) is 0 Å². The summed E-state index contributed by atoms with van der Waals surface area (Å²) in [6.07, 6.45) is 13.0. The van der Waals surface area contributed by atoms with Gasteiger partial charge in [-0.1, -0.05) is 93.5 Å². The van der Waals surface area contributed by atoms with E-state index in [0.29, 0.717) is 17.7 Å². The SMILES string of the molecule is C[Si](C)(C)CCCCCCCCCCCOc1ccc(-c2nnc(OCCCCl)s2)cc1. The molecule has 0 atom stereocenters. The van der Waals surface area contributed by atoms with Gasteiger partial charge in [-0.25, -0.2) is 0 Å². The van der Waals surface area contributed by atoms with Gasteiger partial charge in [-0.15, -0.1) is 16.7 Å². The molecule has 7 heteroatoms. The highest BCUT2D eigenvalue weighted by Gasteiger charge is 2.11. The van der Waals surface area contributed by atoms with Gasteiger partial charge in [0, 0.05) is 19.5 Å². The fraction of sp³-hybridized carbons (Fsp3) is 0.680. The summed E-state index contributed by atoms with van der Waals surface area (Å²) < 4.78 is 11.4. The van der Waals surface area contributed by atoms with Gasteiger partial charge in [-0.05, 0) is 37.1 Å². The molecule has 1 heterocycles. The topological polar surface area (TPSA) is 44.2 Å². The lowest BCUT2D eigenvalue weighted by Gasteiger charge is -2.14. The third-order valence-electron chi connectivity index (χ3n) is 5.35. The summed E-state index contributed by atoms with van der Waals surface area (Å²) >= 11 is 7.12. The van der Waals surface area contributed by atoms with Crippen LogP contribution in [-0.2, 0) is 0 Å². The molecule has 0 saturated carbocycles. The summed E-state index contributed by atoms with van der Waals surface area (Å²) in [7, 11) is -0.824. The van der Waals surface area contributed by atoms with Crippen molar-refractivity contribution in [1.29, 1.82) is 0 Å². The van der Waals surface area contributed by atoms with E-state index in [1.165, 1.54) is 68.7 Å². The van der Waals surface area contributed by atoms with Crippen molar-refractivity contribution in [3.8, 4) is 21.5 Å². The summed E-state index contributed by atoms with van der Waals surface area (Å²) in [6, 6.07) is 9.56. The second-order valence-corrected chi connectivity index (χ2v) is 16.6. The predicted molar refractivity (Wildman–Crippen MR) is 141 cm³/mol. The maximum atomic E-state index is 5.90. The summed E-state index contributed by atoms with van der Waals surface area (Å²) in [6.45, 7) is 8.78. The molecule has 2 aromatic rings. The van der Waals surface area contributed by atoms with E-state index in [-0.39, 0.29) is 0 Å². The van der Waals surface area contributed by atoms with Crippen LogP contribution in [0.1, 0.15) is 64.2 Å². The molecular weight excluding hydrogens is 456 g/mol. The van der Waals surface area contributed by atoms with E-state index in [4.69, 9.17) is 21.1 Å². The molecule has 0 aliphatic heterocycles. The van der Waals surface area contributed by atoms with Gasteiger partial charge in [0.2, 0.25) is 0 Å². The van der Waals surface area contributed by atoms with E-state index < -0.39 is 8.07 Å². The molecule has 1 aromatic heterocycles. The van der Waals surface area contributed by atoms with Gasteiger partial charge < -0.3 is 9.47 Å². The van der Waals surface area contributed by atoms with Crippen LogP contribution < -0.4 is 9.47 Å². The molecule has 0 radical (unpaired) electrons. The van der Waals surface area contributed by atoms with Gasteiger partial charge in [0.25, 0.3) is 5.19 Å². The van der Waals surface area contributed by atoms with Crippen LogP contribution in [0.15, 0.2) is 24.3 Å². The van der Waals surface area contributed by atoms with E-state index in [2.05, 4.69) is 29.8 Å². The normalized spacial score (nSPS) is 11.6. The highest BCUT2D eigenvalue weighted by atomic mass is 35.5. The number of benzene rings is 1. The van der Waals surface area contributed by atoms with Crippen LogP contribution in [-0.4, -0.2) is 37.4 Å². The summed E-state index contributed by atoms with van der Waals surface area (Å²) in [5, 5.41) is 9.73.